The van der Waals surface area contributed by atoms with Crippen molar-refractivity contribution >= 4 is 0 Å². The molecule has 2 N–H and O–H groups in total. The Labute approximate surface area is 73.6 Å². The third-order valence-corrected chi connectivity index (χ3v) is 1.69. The van der Waals surface area contributed by atoms with Crippen LogP contribution in [0.1, 0.15) is 23.4 Å². The predicted octanol–water partition coefficient (Wildman–Crippen LogP) is 1.93. The minimum atomic E-state index is -2.74. The van der Waals surface area contributed by atoms with Gasteiger partial charge < -0.3 is 5.73 Å². The van der Waals surface area contributed by atoms with Gasteiger partial charge in [0.1, 0.15) is 5.82 Å². The van der Waals surface area contributed by atoms with Crippen molar-refractivity contribution in [1.82, 2.24) is 4.98 Å². The monoisotopic (exact) mass is 190 g/mol. The second-order valence-electron chi connectivity index (χ2n) is 2.60. The molecule has 13 heavy (non-hydrogen) atoms. The van der Waals surface area contributed by atoms with Gasteiger partial charge >= 0.3 is 0 Å². The molecule has 0 fully saturated rings. The van der Waals surface area contributed by atoms with Crippen LogP contribution in [0, 0.1) is 12.7 Å². The lowest BCUT2D eigenvalue weighted by atomic mass is 10.1. The molecule has 1 aromatic heterocycles. The Bertz CT molecular complexity index is 313. The average molecular weight is 190 g/mol. The number of hydrogen-bond donors (Lipinski definition) is 1. The van der Waals surface area contributed by atoms with Gasteiger partial charge in [-0.05, 0) is 13.0 Å². The summed E-state index contributed by atoms with van der Waals surface area (Å²) in [5.74, 6) is -0.729. The van der Waals surface area contributed by atoms with Crippen molar-refractivity contribution in [2.75, 3.05) is 0 Å². The minimum absolute atomic E-state index is 0.0499. The molecule has 0 spiro atoms. The van der Waals surface area contributed by atoms with Gasteiger partial charge in [-0.25, -0.2) is 13.2 Å². The average Bonchev–Trinajstić information content (AvgIpc) is 2.08. The number of halogens is 3. The molecule has 0 saturated heterocycles. The van der Waals surface area contributed by atoms with Gasteiger partial charge in [-0.3, -0.25) is 4.98 Å². The lowest BCUT2D eigenvalue weighted by Crippen LogP contribution is -2.07. The fourth-order valence-corrected chi connectivity index (χ4v) is 0.997. The number of hydrogen-bond acceptors (Lipinski definition) is 2. The van der Waals surface area contributed by atoms with E-state index in [9.17, 15) is 13.2 Å². The zero-order valence-electron chi connectivity index (χ0n) is 7.02. The van der Waals surface area contributed by atoms with Gasteiger partial charge in [-0.2, -0.15) is 0 Å². The first-order valence-corrected chi connectivity index (χ1v) is 3.70. The van der Waals surface area contributed by atoms with E-state index in [1.165, 1.54) is 6.92 Å². The molecular formula is C8H9F3N2. The highest BCUT2D eigenvalue weighted by Gasteiger charge is 2.15. The maximum absolute atomic E-state index is 12.8. The fourth-order valence-electron chi connectivity index (χ4n) is 0.997. The number of nitrogens with two attached hydrogens (primary N) is 1. The van der Waals surface area contributed by atoms with Gasteiger partial charge in [-0.1, -0.05) is 0 Å². The van der Waals surface area contributed by atoms with Crippen molar-refractivity contribution in [2.24, 2.45) is 5.73 Å². The van der Waals surface area contributed by atoms with Crippen molar-refractivity contribution in [3.05, 3.63) is 28.8 Å². The Morgan fingerprint density at radius 2 is 2.15 bits per heavy atom. The van der Waals surface area contributed by atoms with Crippen LogP contribution in [0.3, 0.4) is 0 Å². The van der Waals surface area contributed by atoms with E-state index in [-0.39, 0.29) is 17.9 Å². The third-order valence-electron chi connectivity index (χ3n) is 1.69. The molecule has 0 aliphatic heterocycles. The molecular weight excluding hydrogens is 181 g/mol. The number of rotatable bonds is 2. The Morgan fingerprint density at radius 3 is 2.62 bits per heavy atom. The van der Waals surface area contributed by atoms with E-state index >= 15 is 0 Å². The zero-order valence-corrected chi connectivity index (χ0v) is 7.02. The van der Waals surface area contributed by atoms with Crippen LogP contribution in [0.2, 0.25) is 0 Å². The van der Waals surface area contributed by atoms with Gasteiger partial charge in [0.15, 0.2) is 0 Å². The standard InChI is InChI=1S/C8H9F3N2/c1-4-6(9)2-5(8(10)11)7(3-12)13-4/h2,8H,3,12H2,1H3. The highest BCUT2D eigenvalue weighted by atomic mass is 19.3. The number of aryl methyl sites for hydroxylation is 1. The van der Waals surface area contributed by atoms with E-state index in [1.807, 2.05) is 0 Å². The summed E-state index contributed by atoms with van der Waals surface area (Å²) >= 11 is 0. The van der Waals surface area contributed by atoms with Crippen LogP contribution >= 0.6 is 0 Å². The van der Waals surface area contributed by atoms with Gasteiger partial charge in [0.2, 0.25) is 0 Å². The zero-order chi connectivity index (χ0) is 10.0. The van der Waals surface area contributed by atoms with E-state index in [0.717, 1.165) is 6.07 Å². The quantitative estimate of drug-likeness (QED) is 0.773. The molecule has 0 unspecified atom stereocenters. The van der Waals surface area contributed by atoms with E-state index in [1.54, 1.807) is 0 Å². The van der Waals surface area contributed by atoms with Crippen LogP contribution in [-0.2, 0) is 6.54 Å². The maximum atomic E-state index is 12.8. The molecule has 72 valence electrons. The Kier molecular flexibility index (Phi) is 2.87. The second-order valence-corrected chi connectivity index (χ2v) is 2.60. The third kappa shape index (κ3) is 1.98. The summed E-state index contributed by atoms with van der Waals surface area (Å²) in [6.07, 6.45) is -2.74. The van der Waals surface area contributed by atoms with Crippen molar-refractivity contribution < 1.29 is 13.2 Å². The van der Waals surface area contributed by atoms with Crippen molar-refractivity contribution in [3.63, 3.8) is 0 Å². The Hall–Kier alpha value is -1.10. The van der Waals surface area contributed by atoms with E-state index in [2.05, 4.69) is 4.98 Å². The summed E-state index contributed by atoms with van der Waals surface area (Å²) in [7, 11) is 0. The molecule has 0 saturated carbocycles. The van der Waals surface area contributed by atoms with Gasteiger partial charge in [-0.15, -0.1) is 0 Å². The summed E-state index contributed by atoms with van der Waals surface area (Å²) in [4.78, 5) is 3.63. The normalized spacial score (nSPS) is 10.9. The topological polar surface area (TPSA) is 38.9 Å². The van der Waals surface area contributed by atoms with Gasteiger partial charge in [0.05, 0.1) is 11.4 Å². The largest absolute Gasteiger partial charge is 0.325 e. The lowest BCUT2D eigenvalue weighted by molar-refractivity contribution is 0.149. The van der Waals surface area contributed by atoms with Crippen LogP contribution in [0.15, 0.2) is 6.07 Å². The first-order chi connectivity index (χ1) is 6.06. The Morgan fingerprint density at radius 1 is 1.54 bits per heavy atom. The summed E-state index contributed by atoms with van der Waals surface area (Å²) in [5.41, 5.74) is 4.90. The molecule has 2 nitrogen and oxygen atoms in total. The van der Waals surface area contributed by atoms with Crippen molar-refractivity contribution in [2.45, 2.75) is 19.9 Å². The van der Waals surface area contributed by atoms with E-state index in [4.69, 9.17) is 5.73 Å². The van der Waals surface area contributed by atoms with E-state index in [0.29, 0.717) is 0 Å². The smallest absolute Gasteiger partial charge is 0.265 e. The van der Waals surface area contributed by atoms with Crippen molar-refractivity contribution in [1.29, 1.82) is 0 Å². The first-order valence-electron chi connectivity index (χ1n) is 3.70. The molecule has 1 heterocycles. The molecule has 0 bridgehead atoms. The first kappa shape index (κ1) is 9.98. The number of nitrogens with zero attached hydrogens (tertiary/aromatic N) is 1. The number of aromatic nitrogens is 1. The molecule has 0 amide bonds. The molecule has 5 heteroatoms. The molecule has 0 atom stereocenters. The van der Waals surface area contributed by atoms with E-state index < -0.39 is 17.8 Å². The molecule has 0 aromatic carbocycles. The van der Waals surface area contributed by atoms with Crippen LogP contribution in [0.5, 0.6) is 0 Å². The summed E-state index contributed by atoms with van der Waals surface area (Å²) in [5, 5.41) is 0. The van der Waals surface area contributed by atoms with Gasteiger partial charge in [0.25, 0.3) is 6.43 Å². The maximum Gasteiger partial charge on any atom is 0.265 e. The molecule has 1 aromatic rings. The van der Waals surface area contributed by atoms with Gasteiger partial charge in [0, 0.05) is 12.1 Å². The molecule has 0 aliphatic rings. The summed E-state index contributed by atoms with van der Waals surface area (Å²) < 4.78 is 37.3. The summed E-state index contributed by atoms with van der Waals surface area (Å²) in [6.45, 7) is 1.30. The highest BCUT2D eigenvalue weighted by molar-refractivity contribution is 5.25. The Balaban J connectivity index is 3.25. The highest BCUT2D eigenvalue weighted by Crippen LogP contribution is 2.23. The van der Waals surface area contributed by atoms with Crippen LogP contribution < -0.4 is 5.73 Å². The van der Waals surface area contributed by atoms with Crippen molar-refractivity contribution in [3.8, 4) is 0 Å². The van der Waals surface area contributed by atoms with Crippen LogP contribution in [-0.4, -0.2) is 4.98 Å². The predicted molar refractivity (Wildman–Crippen MR) is 41.8 cm³/mol. The fraction of sp³-hybridized carbons (Fsp3) is 0.375. The van der Waals surface area contributed by atoms with Crippen LogP contribution in [0.25, 0.3) is 0 Å². The molecule has 0 radical (unpaired) electrons. The molecule has 1 rings (SSSR count). The number of pyridine rings is 1. The van der Waals surface area contributed by atoms with Crippen LogP contribution in [0.4, 0.5) is 13.2 Å². The number of alkyl halides is 2. The second kappa shape index (κ2) is 3.74. The summed E-state index contributed by atoms with van der Waals surface area (Å²) in [6, 6.07) is 0.787. The lowest BCUT2D eigenvalue weighted by Gasteiger charge is -2.07. The SMILES string of the molecule is Cc1nc(CN)c(C(F)F)cc1F. The molecule has 0 aliphatic carbocycles. The minimum Gasteiger partial charge on any atom is -0.325 e.